The van der Waals surface area contributed by atoms with Crippen molar-refractivity contribution in [3.63, 3.8) is 0 Å². The monoisotopic (exact) mass is 351 g/mol. The summed E-state index contributed by atoms with van der Waals surface area (Å²) >= 11 is 1.63. The van der Waals surface area contributed by atoms with Gasteiger partial charge in [-0.15, -0.1) is 11.3 Å². The van der Waals surface area contributed by atoms with E-state index in [2.05, 4.69) is 11.9 Å². The Bertz CT molecular complexity index is 1020. The lowest BCUT2D eigenvalue weighted by molar-refractivity contribution is 0.484. The van der Waals surface area contributed by atoms with Crippen LogP contribution in [0.15, 0.2) is 28.4 Å². The lowest BCUT2D eigenvalue weighted by atomic mass is 10.0. The Balaban J connectivity index is 1.73. The molecule has 0 saturated heterocycles. The van der Waals surface area contributed by atoms with Crippen LogP contribution in [0.3, 0.4) is 0 Å². The summed E-state index contributed by atoms with van der Waals surface area (Å²) in [6.07, 6.45) is 7.07. The van der Waals surface area contributed by atoms with Gasteiger partial charge in [-0.05, 0) is 49.5 Å². The molecule has 0 bridgehead atoms. The van der Waals surface area contributed by atoms with Crippen LogP contribution in [0.5, 0.6) is 0 Å². The van der Waals surface area contributed by atoms with Gasteiger partial charge in [-0.3, -0.25) is 9.36 Å². The minimum Gasteiger partial charge on any atom is -0.296 e. The smallest absolute Gasteiger partial charge is 0.261 e. The lowest BCUT2D eigenvalue weighted by Crippen LogP contribution is -2.24. The van der Waals surface area contributed by atoms with E-state index < -0.39 is 0 Å². The fraction of sp³-hybridized carbons (Fsp3) is 0.350. The first-order valence-electron chi connectivity index (χ1n) is 8.74. The zero-order valence-corrected chi connectivity index (χ0v) is 15.3. The van der Waals surface area contributed by atoms with Gasteiger partial charge in [0.1, 0.15) is 10.8 Å². The molecule has 0 amide bonds. The van der Waals surface area contributed by atoms with Crippen molar-refractivity contribution in [2.24, 2.45) is 5.92 Å². The predicted octanol–water partition coefficient (Wildman–Crippen LogP) is 4.30. The van der Waals surface area contributed by atoms with Gasteiger partial charge in [0.2, 0.25) is 0 Å². The van der Waals surface area contributed by atoms with Gasteiger partial charge < -0.3 is 0 Å². The third-order valence-electron chi connectivity index (χ3n) is 4.82. The maximum Gasteiger partial charge on any atom is 0.261 e. The van der Waals surface area contributed by atoms with Crippen LogP contribution < -0.4 is 5.56 Å². The Labute approximate surface area is 150 Å². The van der Waals surface area contributed by atoms with Gasteiger partial charge in [-0.25, -0.2) is 9.97 Å². The number of aryl methyl sites for hydroxylation is 2. The van der Waals surface area contributed by atoms with Crippen LogP contribution in [0.4, 0.5) is 0 Å². The first-order valence-corrected chi connectivity index (χ1v) is 9.62. The minimum absolute atomic E-state index is 0.0974. The molecule has 3 aromatic rings. The predicted molar refractivity (Wildman–Crippen MR) is 104 cm³/mol. The van der Waals surface area contributed by atoms with E-state index in [1.165, 1.54) is 0 Å². The summed E-state index contributed by atoms with van der Waals surface area (Å²) in [7, 11) is 0. The van der Waals surface area contributed by atoms with Crippen LogP contribution in [0.2, 0.25) is 0 Å². The molecule has 1 unspecified atom stereocenters. The Kier molecular flexibility index (Phi) is 4.25. The van der Waals surface area contributed by atoms with Gasteiger partial charge in [0.25, 0.3) is 5.56 Å². The fourth-order valence-electron chi connectivity index (χ4n) is 3.29. The highest BCUT2D eigenvalue weighted by Gasteiger charge is 2.16. The molecule has 1 atom stereocenters. The van der Waals surface area contributed by atoms with Crippen LogP contribution in [-0.2, 0) is 13.0 Å². The van der Waals surface area contributed by atoms with Crippen LogP contribution >= 0.6 is 11.3 Å². The summed E-state index contributed by atoms with van der Waals surface area (Å²) in [5.74, 6) is 1.57. The van der Waals surface area contributed by atoms with E-state index in [1.807, 2.05) is 47.2 Å². The maximum atomic E-state index is 12.8. The molecule has 1 aromatic carbocycles. The quantitative estimate of drug-likeness (QED) is 0.691. The maximum absolute atomic E-state index is 12.8. The van der Waals surface area contributed by atoms with Crippen LogP contribution in [0, 0.1) is 12.8 Å². The molecule has 3 heterocycles. The van der Waals surface area contributed by atoms with Crippen LogP contribution in [0.25, 0.3) is 23.1 Å². The number of aromatic nitrogens is 3. The van der Waals surface area contributed by atoms with Gasteiger partial charge in [-0.1, -0.05) is 19.1 Å². The van der Waals surface area contributed by atoms with Crippen molar-refractivity contribution < 1.29 is 0 Å². The molecule has 4 rings (SSSR count). The average molecular weight is 351 g/mol. The number of fused-ring (bicyclic) bond motifs is 2. The van der Waals surface area contributed by atoms with E-state index in [4.69, 9.17) is 4.98 Å². The van der Waals surface area contributed by atoms with Crippen LogP contribution in [0.1, 0.15) is 41.9 Å². The summed E-state index contributed by atoms with van der Waals surface area (Å²) in [6.45, 7) is 5.02. The number of hydrogen-bond acceptors (Lipinski definition) is 4. The first kappa shape index (κ1) is 16.2. The van der Waals surface area contributed by atoms with E-state index in [0.717, 1.165) is 53.4 Å². The molecule has 0 saturated carbocycles. The molecule has 2 aromatic heterocycles. The van der Waals surface area contributed by atoms with Gasteiger partial charge in [-0.2, -0.15) is 0 Å². The number of thiazole rings is 1. The molecule has 1 aliphatic rings. The minimum atomic E-state index is 0.0974. The molecule has 4 nitrogen and oxygen atoms in total. The van der Waals surface area contributed by atoms with Crippen molar-refractivity contribution in [2.75, 3.05) is 0 Å². The molecule has 0 fully saturated rings. The highest BCUT2D eigenvalue weighted by Crippen LogP contribution is 2.20. The van der Waals surface area contributed by atoms with Crippen molar-refractivity contribution in [1.29, 1.82) is 0 Å². The highest BCUT2D eigenvalue weighted by molar-refractivity contribution is 7.10. The SMILES string of the molecule is Cc1csc(/C=C/c2ccc3c(=O)n4c(nc3c2)CCC(C)CC4)n1. The molecule has 0 aliphatic carbocycles. The second-order valence-electron chi connectivity index (χ2n) is 6.85. The van der Waals surface area contributed by atoms with Crippen LogP contribution in [-0.4, -0.2) is 14.5 Å². The van der Waals surface area contributed by atoms with Crippen molar-refractivity contribution in [3.05, 3.63) is 56.0 Å². The summed E-state index contributed by atoms with van der Waals surface area (Å²) < 4.78 is 1.87. The average Bonchev–Trinajstić information content (AvgIpc) is 2.93. The number of nitrogens with zero attached hydrogens (tertiary/aromatic N) is 3. The Hall–Kier alpha value is -2.27. The zero-order valence-electron chi connectivity index (χ0n) is 14.5. The Morgan fingerprint density at radius 2 is 2.12 bits per heavy atom. The summed E-state index contributed by atoms with van der Waals surface area (Å²) in [5, 5.41) is 3.74. The van der Waals surface area contributed by atoms with Crippen molar-refractivity contribution in [1.82, 2.24) is 14.5 Å². The number of rotatable bonds is 2. The molecule has 0 spiro atoms. The molecule has 5 heteroatoms. The van der Waals surface area contributed by atoms with Gasteiger partial charge in [0.05, 0.1) is 10.9 Å². The van der Waals surface area contributed by atoms with Crippen molar-refractivity contribution in [3.8, 4) is 0 Å². The largest absolute Gasteiger partial charge is 0.296 e. The van der Waals surface area contributed by atoms with E-state index in [0.29, 0.717) is 11.3 Å². The summed E-state index contributed by atoms with van der Waals surface area (Å²) in [6, 6.07) is 5.89. The van der Waals surface area contributed by atoms with E-state index in [9.17, 15) is 4.79 Å². The van der Waals surface area contributed by atoms with Crippen molar-refractivity contribution in [2.45, 2.75) is 39.7 Å². The summed E-state index contributed by atoms with van der Waals surface area (Å²) in [4.78, 5) is 22.1. The molecule has 0 radical (unpaired) electrons. The fourth-order valence-corrected chi connectivity index (χ4v) is 3.98. The third kappa shape index (κ3) is 3.29. The Morgan fingerprint density at radius 1 is 1.24 bits per heavy atom. The lowest BCUT2D eigenvalue weighted by Gasteiger charge is -2.10. The first-order chi connectivity index (χ1) is 12.1. The molecular weight excluding hydrogens is 330 g/mol. The Morgan fingerprint density at radius 3 is 2.92 bits per heavy atom. The van der Waals surface area contributed by atoms with E-state index in [-0.39, 0.29) is 5.56 Å². The second-order valence-corrected chi connectivity index (χ2v) is 7.74. The standard InChI is InChI=1S/C20H21N3OS/c1-13-3-7-18-22-17-11-15(5-8-19-21-14(2)12-25-19)4-6-16(17)20(24)23(18)10-9-13/h4-6,8,11-13H,3,7,9-10H2,1-2H3/b8-5+. The molecule has 128 valence electrons. The van der Waals surface area contributed by atoms with Gasteiger partial charge >= 0.3 is 0 Å². The normalized spacial score (nSPS) is 17.8. The third-order valence-corrected chi connectivity index (χ3v) is 5.75. The second kappa shape index (κ2) is 6.56. The molecule has 1 aliphatic heterocycles. The molecular formula is C20H21N3OS. The van der Waals surface area contributed by atoms with E-state index >= 15 is 0 Å². The summed E-state index contributed by atoms with van der Waals surface area (Å²) in [5.41, 5.74) is 2.97. The van der Waals surface area contributed by atoms with Gasteiger partial charge in [0, 0.05) is 24.0 Å². The van der Waals surface area contributed by atoms with Gasteiger partial charge in [0.15, 0.2) is 0 Å². The zero-order chi connectivity index (χ0) is 17.4. The molecule has 25 heavy (non-hydrogen) atoms. The molecule has 0 N–H and O–H groups in total. The van der Waals surface area contributed by atoms with Crippen molar-refractivity contribution >= 4 is 34.4 Å². The topological polar surface area (TPSA) is 47.8 Å². The highest BCUT2D eigenvalue weighted by atomic mass is 32.1. The number of benzene rings is 1. The van der Waals surface area contributed by atoms with E-state index in [1.54, 1.807) is 11.3 Å². The number of hydrogen-bond donors (Lipinski definition) is 0.